The molecule has 2 amide bonds. The zero-order chi connectivity index (χ0) is 19.9. The highest BCUT2D eigenvalue weighted by Crippen LogP contribution is 2.19. The fourth-order valence-corrected chi connectivity index (χ4v) is 3.59. The van der Waals surface area contributed by atoms with Crippen molar-refractivity contribution in [2.24, 2.45) is 11.7 Å². The van der Waals surface area contributed by atoms with E-state index in [0.717, 1.165) is 11.1 Å². The molecule has 1 atom stereocenters. The van der Waals surface area contributed by atoms with Crippen LogP contribution in [-0.4, -0.2) is 35.8 Å². The number of nitrogens with one attached hydrogen (secondary N) is 1. The fraction of sp³-hybridized carbons (Fsp3) is 0.391. The second-order valence-corrected chi connectivity index (χ2v) is 7.60. The Labute approximate surface area is 179 Å². The van der Waals surface area contributed by atoms with E-state index in [-0.39, 0.29) is 30.1 Å². The van der Waals surface area contributed by atoms with Crippen LogP contribution in [0.4, 0.5) is 0 Å². The summed E-state index contributed by atoms with van der Waals surface area (Å²) in [4.78, 5) is 26.9. The van der Waals surface area contributed by atoms with Crippen molar-refractivity contribution in [1.82, 2.24) is 10.2 Å². The number of nitrogens with two attached hydrogens (primary N) is 1. The van der Waals surface area contributed by atoms with E-state index in [0.29, 0.717) is 38.9 Å². The third kappa shape index (κ3) is 6.58. The number of piperidine rings is 1. The van der Waals surface area contributed by atoms with E-state index in [2.05, 4.69) is 5.32 Å². The largest absolute Gasteiger partial charge is 0.352 e. The Balaban J connectivity index is 0.00000300. The number of hydrogen-bond donors (Lipinski definition) is 2. The topological polar surface area (TPSA) is 75.4 Å². The highest BCUT2D eigenvalue weighted by atomic mass is 35.5. The molecule has 2 aromatic rings. The second kappa shape index (κ2) is 11.0. The van der Waals surface area contributed by atoms with Gasteiger partial charge in [-0.2, -0.15) is 0 Å². The Kier molecular flexibility index (Phi) is 8.68. The number of amides is 2. The minimum absolute atomic E-state index is 0. The van der Waals surface area contributed by atoms with E-state index < -0.39 is 6.04 Å². The van der Waals surface area contributed by atoms with Crippen LogP contribution in [0.5, 0.6) is 0 Å². The molecular weight excluding hydrogens is 386 g/mol. The predicted octanol–water partition coefficient (Wildman–Crippen LogP) is 2.84. The Hall–Kier alpha value is -2.37. The quantitative estimate of drug-likeness (QED) is 0.761. The molecule has 3 N–H and O–H groups in total. The maximum Gasteiger partial charge on any atom is 0.239 e. The molecule has 0 bridgehead atoms. The summed E-state index contributed by atoms with van der Waals surface area (Å²) in [7, 11) is 0. The van der Waals surface area contributed by atoms with E-state index in [1.807, 2.05) is 61.5 Å². The molecule has 0 spiro atoms. The van der Waals surface area contributed by atoms with Gasteiger partial charge in [-0.1, -0.05) is 60.2 Å². The molecule has 156 valence electrons. The van der Waals surface area contributed by atoms with Crippen LogP contribution >= 0.6 is 12.4 Å². The first kappa shape index (κ1) is 22.9. The van der Waals surface area contributed by atoms with E-state index in [1.54, 1.807) is 4.90 Å². The van der Waals surface area contributed by atoms with Crippen molar-refractivity contribution in [3.63, 3.8) is 0 Å². The molecule has 1 aliphatic heterocycles. The van der Waals surface area contributed by atoms with Crippen molar-refractivity contribution in [3.05, 3.63) is 71.3 Å². The van der Waals surface area contributed by atoms with Gasteiger partial charge in [0.15, 0.2) is 0 Å². The Bertz CT molecular complexity index is 788. The van der Waals surface area contributed by atoms with Gasteiger partial charge in [0.25, 0.3) is 0 Å². The molecule has 29 heavy (non-hydrogen) atoms. The molecule has 1 saturated heterocycles. The zero-order valence-electron chi connectivity index (χ0n) is 16.8. The third-order valence-electron chi connectivity index (χ3n) is 5.38. The molecule has 0 radical (unpaired) electrons. The van der Waals surface area contributed by atoms with Crippen LogP contribution in [0.3, 0.4) is 0 Å². The number of carbonyl (C=O) groups is 2. The highest BCUT2D eigenvalue weighted by Gasteiger charge is 2.29. The molecule has 0 aromatic heterocycles. The number of hydrogen-bond acceptors (Lipinski definition) is 3. The maximum absolute atomic E-state index is 12.6. The molecule has 6 heteroatoms. The fourth-order valence-electron chi connectivity index (χ4n) is 3.59. The van der Waals surface area contributed by atoms with Crippen molar-refractivity contribution >= 4 is 24.2 Å². The van der Waals surface area contributed by atoms with Crippen LogP contribution in [-0.2, 0) is 22.6 Å². The number of rotatable bonds is 6. The van der Waals surface area contributed by atoms with Crippen LogP contribution in [0, 0.1) is 12.8 Å². The van der Waals surface area contributed by atoms with Gasteiger partial charge in [0.1, 0.15) is 0 Å². The first-order valence-electron chi connectivity index (χ1n) is 9.94. The van der Waals surface area contributed by atoms with Gasteiger partial charge < -0.3 is 16.0 Å². The van der Waals surface area contributed by atoms with Gasteiger partial charge in [-0.15, -0.1) is 12.4 Å². The summed E-state index contributed by atoms with van der Waals surface area (Å²) in [5, 5.41) is 3.02. The first-order valence-corrected chi connectivity index (χ1v) is 9.94. The number of halogens is 1. The monoisotopic (exact) mass is 415 g/mol. The Morgan fingerprint density at radius 3 is 2.28 bits per heavy atom. The lowest BCUT2D eigenvalue weighted by Crippen LogP contribution is -2.49. The maximum atomic E-state index is 12.6. The second-order valence-electron chi connectivity index (χ2n) is 7.60. The van der Waals surface area contributed by atoms with E-state index in [1.165, 1.54) is 5.56 Å². The van der Waals surface area contributed by atoms with Gasteiger partial charge in [0.05, 0.1) is 6.04 Å². The highest BCUT2D eigenvalue weighted by molar-refractivity contribution is 5.85. The van der Waals surface area contributed by atoms with E-state index >= 15 is 0 Å². The van der Waals surface area contributed by atoms with Crippen LogP contribution in [0.25, 0.3) is 0 Å². The van der Waals surface area contributed by atoms with Crippen LogP contribution < -0.4 is 11.1 Å². The smallest absolute Gasteiger partial charge is 0.239 e. The van der Waals surface area contributed by atoms with Crippen molar-refractivity contribution in [1.29, 1.82) is 0 Å². The molecule has 1 aliphatic rings. The van der Waals surface area contributed by atoms with Crippen molar-refractivity contribution < 1.29 is 9.59 Å². The van der Waals surface area contributed by atoms with E-state index in [4.69, 9.17) is 5.73 Å². The lowest BCUT2D eigenvalue weighted by Gasteiger charge is -2.33. The van der Waals surface area contributed by atoms with Crippen molar-refractivity contribution in [2.75, 3.05) is 13.1 Å². The van der Waals surface area contributed by atoms with Gasteiger partial charge in [0.2, 0.25) is 11.8 Å². The summed E-state index contributed by atoms with van der Waals surface area (Å²) in [6, 6.07) is 17.4. The standard InChI is InChI=1S/C23H29N3O2.ClH/c1-17-7-9-19(10-8-17)16-25-22(27)20-11-13-26(14-12-20)23(28)21(24)15-18-5-3-2-4-6-18;/h2-10,20-21H,11-16,24H2,1H3,(H,25,27);1H/t21-;/m0./s1. The average Bonchev–Trinajstić information content (AvgIpc) is 2.73. The minimum Gasteiger partial charge on any atom is -0.352 e. The summed E-state index contributed by atoms with van der Waals surface area (Å²) in [6.07, 6.45) is 1.91. The number of likely N-dealkylation sites (tertiary alicyclic amines) is 1. The van der Waals surface area contributed by atoms with Crippen molar-refractivity contribution in [3.8, 4) is 0 Å². The van der Waals surface area contributed by atoms with E-state index in [9.17, 15) is 9.59 Å². The van der Waals surface area contributed by atoms with Crippen molar-refractivity contribution in [2.45, 2.75) is 38.8 Å². The zero-order valence-corrected chi connectivity index (χ0v) is 17.7. The molecule has 5 nitrogen and oxygen atoms in total. The number of nitrogens with zero attached hydrogens (tertiary/aromatic N) is 1. The molecule has 1 heterocycles. The Morgan fingerprint density at radius 2 is 1.66 bits per heavy atom. The third-order valence-corrected chi connectivity index (χ3v) is 5.38. The molecule has 0 aliphatic carbocycles. The molecule has 3 rings (SSSR count). The molecule has 1 fully saturated rings. The van der Waals surface area contributed by atoms with Gasteiger partial charge >= 0.3 is 0 Å². The van der Waals surface area contributed by atoms with Crippen LogP contribution in [0.2, 0.25) is 0 Å². The summed E-state index contributed by atoms with van der Waals surface area (Å²) >= 11 is 0. The lowest BCUT2D eigenvalue weighted by molar-refractivity contribution is -0.136. The van der Waals surface area contributed by atoms with Gasteiger partial charge in [-0.25, -0.2) is 0 Å². The molecule has 0 unspecified atom stereocenters. The van der Waals surface area contributed by atoms with Gasteiger partial charge in [-0.05, 0) is 37.3 Å². The average molecular weight is 416 g/mol. The number of aryl methyl sites for hydroxylation is 1. The predicted molar refractivity (Wildman–Crippen MR) is 118 cm³/mol. The molecule has 0 saturated carbocycles. The summed E-state index contributed by atoms with van der Waals surface area (Å²) in [6.45, 7) is 3.76. The van der Waals surface area contributed by atoms with Gasteiger partial charge in [0, 0.05) is 25.6 Å². The first-order chi connectivity index (χ1) is 13.5. The van der Waals surface area contributed by atoms with Crippen LogP contribution in [0.1, 0.15) is 29.5 Å². The summed E-state index contributed by atoms with van der Waals surface area (Å²) in [5.74, 6) is 0.00321. The number of benzene rings is 2. The molecule has 2 aromatic carbocycles. The molecular formula is C23H30ClN3O2. The Morgan fingerprint density at radius 1 is 1.03 bits per heavy atom. The summed E-state index contributed by atoms with van der Waals surface area (Å²) in [5.41, 5.74) is 9.49. The lowest BCUT2D eigenvalue weighted by atomic mass is 9.95. The number of carbonyl (C=O) groups excluding carboxylic acids is 2. The SMILES string of the molecule is Cc1ccc(CNC(=O)C2CCN(C(=O)[C@@H](N)Cc3ccccc3)CC2)cc1.Cl. The van der Waals surface area contributed by atoms with Crippen LogP contribution in [0.15, 0.2) is 54.6 Å². The minimum atomic E-state index is -0.533. The van der Waals surface area contributed by atoms with Gasteiger partial charge in [-0.3, -0.25) is 9.59 Å². The summed E-state index contributed by atoms with van der Waals surface area (Å²) < 4.78 is 0. The normalized spacial score (nSPS) is 15.3.